The quantitative estimate of drug-likeness (QED) is 0.508. The molecule has 2 N–H and O–H groups in total. The van der Waals surface area contributed by atoms with Gasteiger partial charge in [-0.1, -0.05) is 17.7 Å². The van der Waals surface area contributed by atoms with E-state index in [9.17, 15) is 13.2 Å². The molecule has 1 aromatic carbocycles. The number of benzene rings is 1. The Morgan fingerprint density at radius 1 is 1.37 bits per heavy atom. The molecule has 19 heavy (non-hydrogen) atoms. The fraction of sp³-hybridized carbons (Fsp3) is 0.417. The van der Waals surface area contributed by atoms with Crippen LogP contribution in [0.4, 0.5) is 18.9 Å². The van der Waals surface area contributed by atoms with Gasteiger partial charge in [0.05, 0.1) is 10.7 Å². The summed E-state index contributed by atoms with van der Waals surface area (Å²) in [5.74, 6) is -0.635. The smallest absolute Gasteiger partial charge is 0.302 e. The lowest BCUT2D eigenvalue weighted by Gasteiger charge is -2.12. The normalized spacial score (nSPS) is 16.6. The molecule has 0 aromatic heterocycles. The first-order valence-corrected chi connectivity index (χ1v) is 6.17. The third-order valence-electron chi connectivity index (χ3n) is 2.76. The molecule has 1 fully saturated rings. The number of rotatable bonds is 3. The van der Waals surface area contributed by atoms with Gasteiger partial charge in [-0.3, -0.25) is 0 Å². The fourth-order valence-corrected chi connectivity index (χ4v) is 1.92. The highest BCUT2D eigenvalue weighted by molar-refractivity contribution is 6.33. The average molecular weight is 292 g/mol. The number of alkyl halides is 3. The third-order valence-corrected chi connectivity index (χ3v) is 3.07. The van der Waals surface area contributed by atoms with Gasteiger partial charge in [0.25, 0.3) is 0 Å². The number of nitrogens with one attached hydrogen (secondary N) is 2. The predicted molar refractivity (Wildman–Crippen MR) is 68.8 cm³/mol. The molecule has 0 radical (unpaired) electrons. The second-order valence-electron chi connectivity index (χ2n) is 4.32. The van der Waals surface area contributed by atoms with Crippen molar-refractivity contribution in [2.24, 2.45) is 4.99 Å². The summed E-state index contributed by atoms with van der Waals surface area (Å²) < 4.78 is 38.0. The Kier molecular flexibility index (Phi) is 4.01. The third kappa shape index (κ3) is 3.61. The SMILES string of the molecule is CNNC(=Nc1ccc(C2CC2)cc1Cl)C(F)(F)F. The first kappa shape index (κ1) is 14.1. The topological polar surface area (TPSA) is 36.4 Å². The molecule has 0 aliphatic heterocycles. The van der Waals surface area contributed by atoms with E-state index in [0.29, 0.717) is 5.92 Å². The molecule has 0 unspecified atom stereocenters. The highest BCUT2D eigenvalue weighted by Crippen LogP contribution is 2.42. The summed E-state index contributed by atoms with van der Waals surface area (Å²) in [6.45, 7) is 0. The Morgan fingerprint density at radius 2 is 2.05 bits per heavy atom. The van der Waals surface area contributed by atoms with Crippen molar-refractivity contribution >= 4 is 23.1 Å². The van der Waals surface area contributed by atoms with E-state index in [1.165, 1.54) is 13.1 Å². The number of hydrogen-bond donors (Lipinski definition) is 2. The van der Waals surface area contributed by atoms with E-state index >= 15 is 0 Å². The van der Waals surface area contributed by atoms with Crippen LogP contribution in [0.1, 0.15) is 24.3 Å². The first-order chi connectivity index (χ1) is 8.91. The molecule has 0 heterocycles. The Labute approximate surface area is 113 Å². The van der Waals surface area contributed by atoms with Crippen molar-refractivity contribution in [3.8, 4) is 0 Å². The number of nitrogens with zero attached hydrogens (tertiary/aromatic N) is 1. The molecular formula is C12H13ClF3N3. The molecule has 0 bridgehead atoms. The summed E-state index contributed by atoms with van der Waals surface area (Å²) in [5.41, 5.74) is 5.33. The average Bonchev–Trinajstić information content (AvgIpc) is 3.13. The van der Waals surface area contributed by atoms with Crippen LogP contribution in [0.3, 0.4) is 0 Å². The van der Waals surface area contributed by atoms with Gasteiger partial charge < -0.3 is 5.43 Å². The van der Waals surface area contributed by atoms with Crippen molar-refractivity contribution < 1.29 is 13.2 Å². The summed E-state index contributed by atoms with van der Waals surface area (Å²) in [5, 5.41) is 0.226. The van der Waals surface area contributed by atoms with Gasteiger partial charge in [0.15, 0.2) is 0 Å². The van der Waals surface area contributed by atoms with Gasteiger partial charge >= 0.3 is 6.18 Å². The van der Waals surface area contributed by atoms with Crippen molar-refractivity contribution in [1.29, 1.82) is 0 Å². The molecule has 7 heteroatoms. The van der Waals surface area contributed by atoms with Gasteiger partial charge in [-0.15, -0.1) is 0 Å². The minimum Gasteiger partial charge on any atom is -0.302 e. The lowest BCUT2D eigenvalue weighted by atomic mass is 10.1. The summed E-state index contributed by atoms with van der Waals surface area (Å²) >= 11 is 5.97. The molecule has 3 nitrogen and oxygen atoms in total. The molecule has 1 aliphatic carbocycles. The number of aliphatic imine (C=N–C) groups is 1. The maximum atomic E-state index is 12.7. The zero-order valence-corrected chi connectivity index (χ0v) is 10.9. The monoisotopic (exact) mass is 291 g/mol. The first-order valence-electron chi connectivity index (χ1n) is 5.80. The Morgan fingerprint density at radius 3 is 2.53 bits per heavy atom. The summed E-state index contributed by atoms with van der Waals surface area (Å²) in [6, 6.07) is 4.97. The second kappa shape index (κ2) is 5.38. The van der Waals surface area contributed by atoms with Crippen molar-refractivity contribution in [2.75, 3.05) is 7.05 Å². The van der Waals surface area contributed by atoms with E-state index < -0.39 is 12.0 Å². The molecule has 104 valence electrons. The zero-order chi connectivity index (χ0) is 14.0. The molecule has 0 spiro atoms. The summed E-state index contributed by atoms with van der Waals surface area (Å²) in [7, 11) is 1.33. The van der Waals surface area contributed by atoms with E-state index in [1.807, 2.05) is 5.43 Å². The summed E-state index contributed by atoms with van der Waals surface area (Å²) in [4.78, 5) is 3.53. The van der Waals surface area contributed by atoms with E-state index in [1.54, 1.807) is 12.1 Å². The van der Waals surface area contributed by atoms with Gasteiger partial charge in [-0.25, -0.2) is 10.4 Å². The van der Waals surface area contributed by atoms with Crippen LogP contribution in [-0.4, -0.2) is 19.1 Å². The van der Waals surface area contributed by atoms with Gasteiger partial charge in [-0.2, -0.15) is 13.2 Å². The Hall–Kier alpha value is -1.27. The maximum absolute atomic E-state index is 12.7. The number of hydrazine groups is 1. The van der Waals surface area contributed by atoms with Gasteiger partial charge in [-0.05, 0) is 36.5 Å². The molecule has 0 amide bonds. The fourth-order valence-electron chi connectivity index (χ4n) is 1.69. The standard InChI is InChI=1S/C12H13ClF3N3/c1-17-19-11(12(14,15)16)18-10-5-4-8(6-9(10)13)7-2-3-7/h4-7,17H,2-3H2,1H3,(H,18,19). The Bertz CT molecular complexity index is 495. The predicted octanol–water partition coefficient (Wildman–Crippen LogP) is 3.53. The number of amidine groups is 1. The van der Waals surface area contributed by atoms with E-state index in [-0.39, 0.29) is 10.7 Å². The molecule has 0 atom stereocenters. The van der Waals surface area contributed by atoms with Crippen LogP contribution in [0, 0.1) is 0 Å². The molecule has 1 saturated carbocycles. The van der Waals surface area contributed by atoms with Crippen LogP contribution in [-0.2, 0) is 0 Å². The second-order valence-corrected chi connectivity index (χ2v) is 4.73. The maximum Gasteiger partial charge on any atom is 0.450 e. The molecule has 2 rings (SSSR count). The van der Waals surface area contributed by atoms with E-state index in [4.69, 9.17) is 11.6 Å². The van der Waals surface area contributed by atoms with Crippen LogP contribution < -0.4 is 10.9 Å². The van der Waals surface area contributed by atoms with Crippen LogP contribution in [0.2, 0.25) is 5.02 Å². The molecule has 1 aromatic rings. The van der Waals surface area contributed by atoms with Gasteiger partial charge in [0.2, 0.25) is 5.84 Å². The van der Waals surface area contributed by atoms with Crippen molar-refractivity contribution in [3.63, 3.8) is 0 Å². The van der Waals surface area contributed by atoms with Crippen LogP contribution >= 0.6 is 11.6 Å². The lowest BCUT2D eigenvalue weighted by molar-refractivity contribution is -0.0623. The van der Waals surface area contributed by atoms with Crippen LogP contribution in [0.15, 0.2) is 23.2 Å². The number of halogens is 4. The highest BCUT2D eigenvalue weighted by atomic mass is 35.5. The minimum absolute atomic E-state index is 0.0983. The van der Waals surface area contributed by atoms with Crippen molar-refractivity contribution in [1.82, 2.24) is 10.9 Å². The summed E-state index contributed by atoms with van der Waals surface area (Å²) in [6.07, 6.45) is -2.36. The van der Waals surface area contributed by atoms with Crippen molar-refractivity contribution in [3.05, 3.63) is 28.8 Å². The minimum atomic E-state index is -4.57. The zero-order valence-electron chi connectivity index (χ0n) is 10.2. The molecule has 0 saturated heterocycles. The lowest BCUT2D eigenvalue weighted by Crippen LogP contribution is -2.43. The molecule has 1 aliphatic rings. The van der Waals surface area contributed by atoms with Crippen molar-refractivity contribution in [2.45, 2.75) is 24.9 Å². The van der Waals surface area contributed by atoms with E-state index in [0.717, 1.165) is 18.4 Å². The van der Waals surface area contributed by atoms with E-state index in [2.05, 4.69) is 10.4 Å². The molecular weight excluding hydrogens is 279 g/mol. The number of hydrogen-bond acceptors (Lipinski definition) is 2. The van der Waals surface area contributed by atoms with Gasteiger partial charge in [0, 0.05) is 7.05 Å². The van der Waals surface area contributed by atoms with Crippen LogP contribution in [0.25, 0.3) is 0 Å². The van der Waals surface area contributed by atoms with Gasteiger partial charge in [0.1, 0.15) is 0 Å². The highest BCUT2D eigenvalue weighted by Gasteiger charge is 2.36. The Balaban J connectivity index is 2.29. The van der Waals surface area contributed by atoms with Crippen LogP contribution in [0.5, 0.6) is 0 Å². The largest absolute Gasteiger partial charge is 0.450 e.